The zero-order valence-corrected chi connectivity index (χ0v) is 25.5. The van der Waals surface area contributed by atoms with E-state index in [-0.39, 0.29) is 10.8 Å². The molecule has 6 rings (SSSR count). The number of thiophene rings is 1. The Kier molecular flexibility index (Phi) is 7.30. The van der Waals surface area contributed by atoms with Gasteiger partial charge in [-0.2, -0.15) is 0 Å². The number of nitrogens with two attached hydrogens (primary N) is 1. The molecule has 216 valence electrons. The molecule has 0 saturated heterocycles. The molecule has 1 unspecified atom stereocenters. The fourth-order valence-corrected chi connectivity index (χ4v) is 7.87. The van der Waals surface area contributed by atoms with Gasteiger partial charge in [0.05, 0.1) is 30.3 Å². The smallest absolute Gasteiger partial charge is 0.269 e. The van der Waals surface area contributed by atoms with E-state index in [1.54, 1.807) is 56.0 Å². The number of ether oxygens (including phenoxy) is 2. The molecule has 0 aliphatic heterocycles. The number of hydrogen-bond donors (Lipinski definition) is 1. The first-order valence-corrected chi connectivity index (χ1v) is 15.8. The Morgan fingerprint density at radius 2 is 1.74 bits per heavy atom. The van der Waals surface area contributed by atoms with Gasteiger partial charge >= 0.3 is 0 Å². The van der Waals surface area contributed by atoms with Crippen molar-refractivity contribution >= 4 is 43.3 Å². The van der Waals surface area contributed by atoms with E-state index in [0.717, 1.165) is 33.0 Å². The molecule has 42 heavy (non-hydrogen) atoms. The summed E-state index contributed by atoms with van der Waals surface area (Å²) in [5, 5.41) is 3.65. The lowest BCUT2D eigenvalue weighted by atomic mass is 9.96. The molecule has 0 fully saturated rings. The third-order valence-electron chi connectivity index (χ3n) is 7.78. The second-order valence-electron chi connectivity index (χ2n) is 10.3. The molecule has 0 saturated carbocycles. The van der Waals surface area contributed by atoms with E-state index >= 15 is 0 Å². The van der Waals surface area contributed by atoms with E-state index < -0.39 is 10.0 Å². The molecule has 8 nitrogen and oxygen atoms in total. The van der Waals surface area contributed by atoms with Crippen LogP contribution in [0.3, 0.4) is 0 Å². The van der Waals surface area contributed by atoms with Gasteiger partial charge in [-0.15, -0.1) is 11.3 Å². The van der Waals surface area contributed by atoms with Gasteiger partial charge in [0.25, 0.3) is 10.0 Å². The summed E-state index contributed by atoms with van der Waals surface area (Å²) in [5.74, 6) is 1.25. The maximum absolute atomic E-state index is 14.4. The number of pyridine rings is 1. The quantitative estimate of drug-likeness (QED) is 0.215. The minimum atomic E-state index is -4.03. The summed E-state index contributed by atoms with van der Waals surface area (Å²) in [4.78, 5) is 6.04. The minimum absolute atomic E-state index is 0.102. The highest BCUT2D eigenvalue weighted by molar-refractivity contribution is 7.90. The van der Waals surface area contributed by atoms with Crippen LogP contribution in [0.2, 0.25) is 0 Å². The van der Waals surface area contributed by atoms with Crippen LogP contribution in [0.1, 0.15) is 21.9 Å². The number of rotatable bonds is 9. The van der Waals surface area contributed by atoms with E-state index in [1.165, 1.54) is 8.85 Å². The van der Waals surface area contributed by atoms with Crippen molar-refractivity contribution in [2.75, 3.05) is 20.8 Å². The van der Waals surface area contributed by atoms with Crippen LogP contribution in [0, 0.1) is 6.92 Å². The summed E-state index contributed by atoms with van der Waals surface area (Å²) >= 11 is 1.68. The van der Waals surface area contributed by atoms with Crippen LogP contribution in [-0.2, 0) is 23.5 Å². The third-order valence-corrected chi connectivity index (χ3v) is 10.5. The monoisotopic (exact) mass is 600 g/mol. The molecule has 6 aromatic rings. The zero-order chi connectivity index (χ0) is 29.6. The molecular weight excluding hydrogens is 569 g/mol. The Hall–Kier alpha value is -4.12. The van der Waals surface area contributed by atoms with Crippen molar-refractivity contribution in [3.63, 3.8) is 0 Å². The van der Waals surface area contributed by atoms with Gasteiger partial charge in [-0.25, -0.2) is 17.4 Å². The highest BCUT2D eigenvalue weighted by Gasteiger charge is 2.28. The van der Waals surface area contributed by atoms with Crippen LogP contribution < -0.4 is 15.2 Å². The summed E-state index contributed by atoms with van der Waals surface area (Å²) in [5.41, 5.74) is 10.7. The van der Waals surface area contributed by atoms with Gasteiger partial charge in [-0.05, 0) is 60.7 Å². The van der Waals surface area contributed by atoms with Gasteiger partial charge < -0.3 is 19.8 Å². The average Bonchev–Trinajstić information content (AvgIpc) is 3.73. The number of nitrogens with zero attached hydrogens (tertiary/aromatic N) is 3. The first kappa shape index (κ1) is 28.0. The van der Waals surface area contributed by atoms with Gasteiger partial charge in [0.1, 0.15) is 0 Å². The van der Waals surface area contributed by atoms with Gasteiger partial charge in [-0.3, -0.25) is 0 Å². The number of aryl methyl sites for hydroxylation is 2. The maximum Gasteiger partial charge on any atom is 0.269 e. The summed E-state index contributed by atoms with van der Waals surface area (Å²) < 4.78 is 43.3. The normalized spacial score (nSPS) is 12.7. The van der Waals surface area contributed by atoms with Crippen LogP contribution >= 0.6 is 11.3 Å². The van der Waals surface area contributed by atoms with E-state index in [9.17, 15) is 8.42 Å². The molecule has 0 aliphatic rings. The van der Waals surface area contributed by atoms with E-state index in [1.807, 2.05) is 60.4 Å². The van der Waals surface area contributed by atoms with Crippen LogP contribution in [0.4, 0.5) is 0 Å². The summed E-state index contributed by atoms with van der Waals surface area (Å²) in [6, 6.07) is 18.7. The van der Waals surface area contributed by atoms with Gasteiger partial charge in [0, 0.05) is 59.2 Å². The highest BCUT2D eigenvalue weighted by atomic mass is 32.2. The molecule has 1 atom stereocenters. The molecule has 0 spiro atoms. The summed E-state index contributed by atoms with van der Waals surface area (Å²) in [6.07, 6.45) is 4.28. The highest BCUT2D eigenvalue weighted by Crippen LogP contribution is 2.41. The SMILES string of the molecule is COc1cc2c(-c3cc4c(CC(CN)c5cccs5)ccnc4n3S(=O)(=O)c3ccc(C)cc3)cn(C)c2cc1OC. The number of benzene rings is 2. The van der Waals surface area contributed by atoms with Crippen LogP contribution in [0.25, 0.3) is 33.2 Å². The van der Waals surface area contributed by atoms with Crippen molar-refractivity contribution < 1.29 is 17.9 Å². The number of aromatic nitrogens is 3. The topological polar surface area (TPSA) is 101 Å². The molecule has 4 heterocycles. The fraction of sp³-hybridized carbons (Fsp3) is 0.219. The number of fused-ring (bicyclic) bond motifs is 2. The van der Waals surface area contributed by atoms with Crippen molar-refractivity contribution in [1.82, 2.24) is 13.5 Å². The van der Waals surface area contributed by atoms with Crippen molar-refractivity contribution in [1.29, 1.82) is 0 Å². The number of hydrogen-bond acceptors (Lipinski definition) is 7. The van der Waals surface area contributed by atoms with Crippen LogP contribution in [0.15, 0.2) is 83.3 Å². The maximum atomic E-state index is 14.4. The first-order valence-electron chi connectivity index (χ1n) is 13.5. The Bertz CT molecular complexity index is 2010. The first-order chi connectivity index (χ1) is 20.3. The molecule has 2 aromatic carbocycles. The Morgan fingerprint density at radius 1 is 1.00 bits per heavy atom. The van der Waals surface area contributed by atoms with Crippen LogP contribution in [0.5, 0.6) is 11.5 Å². The van der Waals surface area contributed by atoms with Crippen LogP contribution in [-0.4, -0.2) is 42.7 Å². The van der Waals surface area contributed by atoms with Crippen molar-refractivity contribution in [2.45, 2.75) is 24.2 Å². The standard InChI is InChI=1S/C32H32N4O4S2/c1-20-7-9-23(10-8-20)42(37,38)36-28(26-19-35(2)27-17-30(40-4)29(39-3)16-25(26)27)15-24-21(11-12-34-32(24)36)14-22(18-33)31-6-5-13-41-31/h5-13,15-17,19,22H,14,18,33H2,1-4H3. The fourth-order valence-electron chi connectivity index (χ4n) is 5.56. The largest absolute Gasteiger partial charge is 0.493 e. The lowest BCUT2D eigenvalue weighted by molar-refractivity contribution is 0.355. The predicted octanol–water partition coefficient (Wildman–Crippen LogP) is 6.10. The molecule has 0 amide bonds. The molecule has 0 aliphatic carbocycles. The van der Waals surface area contributed by atoms with Crippen molar-refractivity contribution in [2.24, 2.45) is 12.8 Å². The number of methoxy groups -OCH3 is 2. The lowest BCUT2D eigenvalue weighted by Crippen LogP contribution is -2.15. The minimum Gasteiger partial charge on any atom is -0.493 e. The van der Waals surface area contributed by atoms with Gasteiger partial charge in [0.2, 0.25) is 0 Å². The summed E-state index contributed by atoms with van der Waals surface area (Å²) in [7, 11) is 1.07. The second kappa shape index (κ2) is 10.9. The molecule has 0 radical (unpaired) electrons. The van der Waals surface area contributed by atoms with Crippen molar-refractivity contribution in [3.05, 3.63) is 94.4 Å². The molecular formula is C32H32N4O4S2. The van der Waals surface area contributed by atoms with E-state index in [2.05, 4.69) is 11.1 Å². The van der Waals surface area contributed by atoms with E-state index in [0.29, 0.717) is 35.8 Å². The van der Waals surface area contributed by atoms with Gasteiger partial charge in [0.15, 0.2) is 17.1 Å². The molecule has 2 N–H and O–H groups in total. The Balaban J connectivity index is 1.64. The third kappa shape index (κ3) is 4.65. The summed E-state index contributed by atoms with van der Waals surface area (Å²) in [6.45, 7) is 2.41. The Morgan fingerprint density at radius 3 is 2.40 bits per heavy atom. The van der Waals surface area contributed by atoms with Crippen molar-refractivity contribution in [3.8, 4) is 22.8 Å². The molecule has 4 aromatic heterocycles. The molecule has 10 heteroatoms. The molecule has 0 bridgehead atoms. The zero-order valence-electron chi connectivity index (χ0n) is 23.9. The second-order valence-corrected chi connectivity index (χ2v) is 13.1. The Labute approximate surface area is 249 Å². The lowest BCUT2D eigenvalue weighted by Gasteiger charge is -2.14. The van der Waals surface area contributed by atoms with Gasteiger partial charge in [-0.1, -0.05) is 23.8 Å². The average molecular weight is 601 g/mol. The predicted molar refractivity (Wildman–Crippen MR) is 168 cm³/mol. The van der Waals surface area contributed by atoms with E-state index in [4.69, 9.17) is 15.2 Å².